The van der Waals surface area contributed by atoms with Gasteiger partial charge >= 0.3 is 0 Å². The largest absolute Gasteiger partial charge is 0.316 e. The molecule has 3 aromatic rings. The highest BCUT2D eigenvalue weighted by atomic mass is 32.1. The molecule has 1 saturated heterocycles. The molecule has 0 radical (unpaired) electrons. The lowest BCUT2D eigenvalue weighted by Gasteiger charge is -2.32. The van der Waals surface area contributed by atoms with Crippen LogP contribution in [0.5, 0.6) is 0 Å². The number of nitrogens with one attached hydrogen (secondary N) is 1. The van der Waals surface area contributed by atoms with E-state index in [0.717, 1.165) is 54.6 Å². The molecule has 34 heavy (non-hydrogen) atoms. The SMILES string of the molecule is CN1CCN(Cc2ccc(-c3nc(CC(=O)Nc4scc(C(C)(C)C)c4C#N)cs3)cc2)CC1. The van der Waals surface area contributed by atoms with Crippen molar-refractivity contribution in [1.29, 1.82) is 5.26 Å². The number of hydrogen-bond acceptors (Lipinski definition) is 7. The molecule has 1 aromatic carbocycles. The predicted molar refractivity (Wildman–Crippen MR) is 140 cm³/mol. The van der Waals surface area contributed by atoms with Crippen LogP contribution in [0.3, 0.4) is 0 Å². The Labute approximate surface area is 209 Å². The van der Waals surface area contributed by atoms with E-state index < -0.39 is 0 Å². The number of nitriles is 1. The highest BCUT2D eigenvalue weighted by molar-refractivity contribution is 7.14. The quantitative estimate of drug-likeness (QED) is 0.525. The highest BCUT2D eigenvalue weighted by Gasteiger charge is 2.23. The van der Waals surface area contributed by atoms with Crippen molar-refractivity contribution in [2.45, 2.75) is 39.2 Å². The third-order valence-corrected chi connectivity index (χ3v) is 7.90. The Hall–Kier alpha value is -2.57. The van der Waals surface area contributed by atoms with Crippen molar-refractivity contribution >= 4 is 33.6 Å². The zero-order valence-corrected chi connectivity index (χ0v) is 21.9. The lowest BCUT2D eigenvalue weighted by Crippen LogP contribution is -2.43. The summed E-state index contributed by atoms with van der Waals surface area (Å²) in [6.45, 7) is 11.6. The molecule has 0 unspecified atom stereocenters. The third-order valence-electron chi connectivity index (χ3n) is 6.06. The molecule has 0 spiro atoms. The summed E-state index contributed by atoms with van der Waals surface area (Å²) in [5.74, 6) is -0.154. The lowest BCUT2D eigenvalue weighted by molar-refractivity contribution is -0.115. The molecule has 1 fully saturated rings. The van der Waals surface area contributed by atoms with Crippen LogP contribution < -0.4 is 5.32 Å². The molecule has 1 N–H and O–H groups in total. The fourth-order valence-electron chi connectivity index (χ4n) is 3.99. The number of carbonyl (C=O) groups excluding carboxylic acids is 1. The molecule has 8 heteroatoms. The Morgan fingerprint density at radius 2 is 1.82 bits per heavy atom. The standard InChI is InChI=1S/C26H31N5OS2/c1-26(2,3)22-17-34-25(21(22)14-27)29-23(32)13-20-16-33-24(28-20)19-7-5-18(6-8-19)15-31-11-9-30(4)10-12-31/h5-8,16-17H,9-13,15H2,1-4H3,(H,29,32). The average Bonchev–Trinajstić information content (AvgIpc) is 3.42. The van der Waals surface area contributed by atoms with Crippen LogP contribution >= 0.6 is 22.7 Å². The van der Waals surface area contributed by atoms with E-state index in [1.54, 1.807) is 11.3 Å². The second-order valence-corrected chi connectivity index (χ2v) is 11.6. The normalized spacial score (nSPS) is 15.3. The molecule has 1 aliphatic rings. The minimum absolute atomic E-state index is 0.144. The van der Waals surface area contributed by atoms with Gasteiger partial charge in [-0.25, -0.2) is 4.98 Å². The van der Waals surface area contributed by atoms with E-state index in [1.165, 1.54) is 16.9 Å². The number of amides is 1. The fourth-order valence-corrected chi connectivity index (χ4v) is 5.96. The van der Waals surface area contributed by atoms with Crippen molar-refractivity contribution in [2.75, 3.05) is 38.5 Å². The van der Waals surface area contributed by atoms with Crippen molar-refractivity contribution in [3.8, 4) is 16.6 Å². The van der Waals surface area contributed by atoms with Gasteiger partial charge in [-0.15, -0.1) is 22.7 Å². The maximum absolute atomic E-state index is 12.7. The fraction of sp³-hybridized carbons (Fsp3) is 0.423. The zero-order chi connectivity index (χ0) is 24.3. The van der Waals surface area contributed by atoms with Gasteiger partial charge < -0.3 is 10.2 Å². The second-order valence-electron chi connectivity index (χ2n) is 9.86. The third kappa shape index (κ3) is 5.91. The molecular weight excluding hydrogens is 462 g/mol. The minimum Gasteiger partial charge on any atom is -0.316 e. The van der Waals surface area contributed by atoms with Gasteiger partial charge in [0.05, 0.1) is 17.7 Å². The first kappa shape index (κ1) is 24.6. The van der Waals surface area contributed by atoms with Gasteiger partial charge in [0.15, 0.2) is 0 Å². The van der Waals surface area contributed by atoms with Crippen LogP contribution in [0.15, 0.2) is 35.0 Å². The van der Waals surface area contributed by atoms with Crippen LogP contribution in [0.1, 0.15) is 43.2 Å². The first-order valence-corrected chi connectivity index (χ1v) is 13.3. The number of thiophene rings is 1. The summed E-state index contributed by atoms with van der Waals surface area (Å²) >= 11 is 2.96. The number of hydrogen-bond donors (Lipinski definition) is 1. The van der Waals surface area contributed by atoms with E-state index in [4.69, 9.17) is 0 Å². The van der Waals surface area contributed by atoms with Crippen LogP contribution in [0.4, 0.5) is 5.00 Å². The van der Waals surface area contributed by atoms with Gasteiger partial charge in [0.2, 0.25) is 5.91 Å². The van der Waals surface area contributed by atoms with Crippen LogP contribution in [0.2, 0.25) is 0 Å². The van der Waals surface area contributed by atoms with Crippen molar-refractivity contribution in [3.63, 3.8) is 0 Å². The Morgan fingerprint density at radius 1 is 1.12 bits per heavy atom. The number of anilines is 1. The van der Waals surface area contributed by atoms with Gasteiger partial charge in [-0.1, -0.05) is 45.0 Å². The number of piperazine rings is 1. The van der Waals surface area contributed by atoms with Gasteiger partial charge in [0.1, 0.15) is 16.1 Å². The van der Waals surface area contributed by atoms with E-state index in [9.17, 15) is 10.1 Å². The molecular formula is C26H31N5OS2. The van der Waals surface area contributed by atoms with Crippen molar-refractivity contribution in [3.05, 3.63) is 57.4 Å². The molecule has 4 rings (SSSR count). The maximum atomic E-state index is 12.7. The van der Waals surface area contributed by atoms with Crippen LogP contribution in [-0.2, 0) is 23.2 Å². The molecule has 3 heterocycles. The van der Waals surface area contributed by atoms with Crippen molar-refractivity contribution in [1.82, 2.24) is 14.8 Å². The van der Waals surface area contributed by atoms with Gasteiger partial charge in [0.25, 0.3) is 0 Å². The predicted octanol–water partition coefficient (Wildman–Crippen LogP) is 4.97. The van der Waals surface area contributed by atoms with Gasteiger partial charge in [-0.2, -0.15) is 5.26 Å². The highest BCUT2D eigenvalue weighted by Crippen LogP contribution is 2.35. The molecule has 0 saturated carbocycles. The molecule has 178 valence electrons. The first-order chi connectivity index (χ1) is 16.2. The molecule has 0 atom stereocenters. The van der Waals surface area contributed by atoms with Crippen molar-refractivity contribution < 1.29 is 4.79 Å². The first-order valence-electron chi connectivity index (χ1n) is 11.5. The summed E-state index contributed by atoms with van der Waals surface area (Å²) in [7, 11) is 2.17. The van der Waals surface area contributed by atoms with Gasteiger partial charge in [0, 0.05) is 43.7 Å². The lowest BCUT2D eigenvalue weighted by atomic mass is 9.86. The Morgan fingerprint density at radius 3 is 2.47 bits per heavy atom. The van der Waals surface area contributed by atoms with Crippen LogP contribution in [-0.4, -0.2) is 53.9 Å². The molecule has 1 aliphatic heterocycles. The number of benzene rings is 1. The smallest absolute Gasteiger partial charge is 0.231 e. The topological polar surface area (TPSA) is 72.3 Å². The summed E-state index contributed by atoms with van der Waals surface area (Å²) in [5, 5.41) is 17.9. The molecule has 2 aromatic heterocycles. The number of carbonyl (C=O) groups is 1. The van der Waals surface area contributed by atoms with E-state index >= 15 is 0 Å². The zero-order valence-electron chi connectivity index (χ0n) is 20.2. The molecule has 6 nitrogen and oxygen atoms in total. The summed E-state index contributed by atoms with van der Waals surface area (Å²) in [6.07, 6.45) is 0.186. The number of rotatable bonds is 6. The summed E-state index contributed by atoms with van der Waals surface area (Å²) in [5.41, 5.74) is 4.49. The Bertz CT molecular complexity index is 1180. The molecule has 1 amide bonds. The number of likely N-dealkylation sites (N-methyl/N-ethyl adjacent to an activating group) is 1. The van der Waals surface area contributed by atoms with Crippen LogP contribution in [0.25, 0.3) is 10.6 Å². The Kier molecular flexibility index (Phi) is 7.48. The summed E-state index contributed by atoms with van der Waals surface area (Å²) in [4.78, 5) is 22.2. The number of aromatic nitrogens is 1. The Balaban J connectivity index is 1.36. The van der Waals surface area contributed by atoms with Crippen LogP contribution in [0, 0.1) is 11.3 Å². The number of thiazole rings is 1. The summed E-state index contributed by atoms with van der Waals surface area (Å²) in [6, 6.07) is 10.8. The molecule has 0 aliphatic carbocycles. The van der Waals surface area contributed by atoms with Gasteiger partial charge in [-0.3, -0.25) is 9.69 Å². The number of nitrogens with zero attached hydrogens (tertiary/aromatic N) is 4. The van der Waals surface area contributed by atoms with E-state index in [0.29, 0.717) is 10.6 Å². The minimum atomic E-state index is -0.154. The average molecular weight is 494 g/mol. The van der Waals surface area contributed by atoms with Gasteiger partial charge in [-0.05, 0) is 29.0 Å². The monoisotopic (exact) mass is 493 g/mol. The maximum Gasteiger partial charge on any atom is 0.231 e. The second kappa shape index (κ2) is 10.4. The summed E-state index contributed by atoms with van der Waals surface area (Å²) < 4.78 is 0. The van der Waals surface area contributed by atoms with Crippen molar-refractivity contribution in [2.24, 2.45) is 0 Å². The van der Waals surface area contributed by atoms with E-state index in [-0.39, 0.29) is 17.7 Å². The van der Waals surface area contributed by atoms with E-state index in [1.807, 2.05) is 10.8 Å². The van der Waals surface area contributed by atoms with E-state index in [2.05, 4.69) is 78.3 Å². The molecule has 0 bridgehead atoms.